The van der Waals surface area contributed by atoms with Crippen LogP contribution >= 0.6 is 11.3 Å². The van der Waals surface area contributed by atoms with Crippen molar-refractivity contribution in [2.45, 2.75) is 32.1 Å². The van der Waals surface area contributed by atoms with Gasteiger partial charge in [0.25, 0.3) is 5.91 Å². The zero-order valence-corrected chi connectivity index (χ0v) is 11.7. The molecule has 2 aromatic rings. The van der Waals surface area contributed by atoms with E-state index in [0.29, 0.717) is 16.1 Å². The molecule has 2 N–H and O–H groups in total. The third-order valence-electron chi connectivity index (χ3n) is 3.52. The number of nitrogens with one attached hydrogen (secondary N) is 2. The summed E-state index contributed by atoms with van der Waals surface area (Å²) in [4.78, 5) is 13.3. The molecule has 0 saturated carbocycles. The van der Waals surface area contributed by atoms with E-state index in [1.807, 2.05) is 0 Å². The molecule has 0 saturated heterocycles. The van der Waals surface area contributed by atoms with E-state index < -0.39 is 0 Å². The summed E-state index contributed by atoms with van der Waals surface area (Å²) in [7, 11) is 0. The molecule has 0 aromatic carbocycles. The predicted octanol–water partition coefficient (Wildman–Crippen LogP) is 2.86. The second-order valence-corrected chi connectivity index (χ2v) is 5.93. The maximum Gasteiger partial charge on any atom is 0.259 e. The molecule has 0 aliphatic heterocycles. The smallest absolute Gasteiger partial charge is 0.259 e. The van der Waals surface area contributed by atoms with Gasteiger partial charge in [-0.3, -0.25) is 9.89 Å². The number of nitrogens with zero attached hydrogens (tertiary/aromatic N) is 2. The molecular weight excluding hydrogens is 272 g/mol. The van der Waals surface area contributed by atoms with Crippen LogP contribution in [0.25, 0.3) is 0 Å². The number of aromatic amines is 1. The van der Waals surface area contributed by atoms with Gasteiger partial charge in [-0.15, -0.1) is 11.3 Å². The first-order valence-electron chi connectivity index (χ1n) is 6.64. The van der Waals surface area contributed by atoms with Crippen LogP contribution in [0.1, 0.15) is 45.6 Å². The second kappa shape index (κ2) is 5.47. The summed E-state index contributed by atoms with van der Waals surface area (Å²) >= 11 is 1.54. The molecule has 0 bridgehead atoms. The number of carbonyl (C=O) groups excluding carboxylic acids is 1. The summed E-state index contributed by atoms with van der Waals surface area (Å²) < 4.78 is 0. The van der Waals surface area contributed by atoms with Crippen molar-refractivity contribution in [3.8, 4) is 6.07 Å². The SMILES string of the molecule is N#Cc1c(NC(=O)c2cn[nH]c2)sc2c1CCCCC2. The number of fused-ring (bicyclic) bond motifs is 1. The molecule has 0 spiro atoms. The van der Waals surface area contributed by atoms with Crippen LogP contribution < -0.4 is 5.32 Å². The normalized spacial score (nSPS) is 14.2. The van der Waals surface area contributed by atoms with Crippen molar-refractivity contribution in [1.29, 1.82) is 5.26 Å². The highest BCUT2D eigenvalue weighted by molar-refractivity contribution is 7.16. The van der Waals surface area contributed by atoms with Crippen LogP contribution in [0.2, 0.25) is 0 Å². The average molecular weight is 286 g/mol. The van der Waals surface area contributed by atoms with Gasteiger partial charge in [0.15, 0.2) is 0 Å². The molecular formula is C14H14N4OS. The first-order valence-corrected chi connectivity index (χ1v) is 7.46. The minimum Gasteiger partial charge on any atom is -0.312 e. The molecule has 0 radical (unpaired) electrons. The standard InChI is InChI=1S/C14H14N4OS/c15-6-11-10-4-2-1-3-5-12(10)20-14(11)18-13(19)9-7-16-17-8-9/h7-8H,1-5H2,(H,16,17)(H,18,19). The Bertz CT molecular complexity index is 666. The van der Waals surface area contributed by atoms with Crippen LogP contribution in [0.3, 0.4) is 0 Å². The highest BCUT2D eigenvalue weighted by Gasteiger charge is 2.21. The Morgan fingerprint density at radius 1 is 1.40 bits per heavy atom. The largest absolute Gasteiger partial charge is 0.312 e. The van der Waals surface area contributed by atoms with Gasteiger partial charge in [0.2, 0.25) is 0 Å². The molecule has 0 fully saturated rings. The number of H-pyrrole nitrogens is 1. The fourth-order valence-corrected chi connectivity index (χ4v) is 3.73. The maximum atomic E-state index is 12.1. The zero-order valence-electron chi connectivity index (χ0n) is 10.9. The number of nitriles is 1. The van der Waals surface area contributed by atoms with Crippen molar-refractivity contribution in [3.05, 3.63) is 34.0 Å². The minimum atomic E-state index is -0.230. The van der Waals surface area contributed by atoms with E-state index in [0.717, 1.165) is 31.2 Å². The summed E-state index contributed by atoms with van der Waals surface area (Å²) in [6, 6.07) is 2.25. The minimum absolute atomic E-state index is 0.230. The van der Waals surface area contributed by atoms with Crippen molar-refractivity contribution < 1.29 is 4.79 Å². The molecule has 2 aromatic heterocycles. The van der Waals surface area contributed by atoms with Gasteiger partial charge in [0, 0.05) is 11.1 Å². The summed E-state index contributed by atoms with van der Waals surface area (Å²) in [5.74, 6) is -0.230. The number of aryl methyl sites for hydroxylation is 1. The van der Waals surface area contributed by atoms with Crippen molar-refractivity contribution in [2.24, 2.45) is 0 Å². The van der Waals surface area contributed by atoms with Crippen molar-refractivity contribution in [2.75, 3.05) is 5.32 Å². The lowest BCUT2D eigenvalue weighted by Gasteiger charge is -2.01. The molecule has 1 aliphatic rings. The Kier molecular flexibility index (Phi) is 3.52. The molecule has 5 nitrogen and oxygen atoms in total. The van der Waals surface area contributed by atoms with Crippen LogP contribution in [-0.2, 0) is 12.8 Å². The van der Waals surface area contributed by atoms with E-state index in [4.69, 9.17) is 0 Å². The van der Waals surface area contributed by atoms with E-state index in [2.05, 4.69) is 21.6 Å². The third kappa shape index (κ3) is 2.32. The second-order valence-electron chi connectivity index (χ2n) is 4.82. The van der Waals surface area contributed by atoms with E-state index in [1.165, 1.54) is 17.5 Å². The Hall–Kier alpha value is -2.13. The van der Waals surface area contributed by atoms with Crippen molar-refractivity contribution >= 4 is 22.2 Å². The Morgan fingerprint density at radius 2 is 2.25 bits per heavy atom. The monoisotopic (exact) mass is 286 g/mol. The van der Waals surface area contributed by atoms with Crippen LogP contribution in [0.4, 0.5) is 5.00 Å². The maximum absolute atomic E-state index is 12.1. The van der Waals surface area contributed by atoms with Crippen LogP contribution in [0.5, 0.6) is 0 Å². The Morgan fingerprint density at radius 3 is 3.00 bits per heavy atom. The fraction of sp³-hybridized carbons (Fsp3) is 0.357. The number of aromatic nitrogens is 2. The summed E-state index contributed by atoms with van der Waals surface area (Å²) in [6.07, 6.45) is 8.45. The molecule has 3 rings (SSSR count). The molecule has 0 unspecified atom stereocenters. The van der Waals surface area contributed by atoms with Crippen molar-refractivity contribution in [1.82, 2.24) is 10.2 Å². The average Bonchev–Trinajstić information content (AvgIpc) is 3.02. The third-order valence-corrected chi connectivity index (χ3v) is 4.73. The van der Waals surface area contributed by atoms with Crippen LogP contribution in [0, 0.1) is 11.3 Å². The van der Waals surface area contributed by atoms with Gasteiger partial charge < -0.3 is 5.32 Å². The number of rotatable bonds is 2. The molecule has 2 heterocycles. The number of hydrogen-bond donors (Lipinski definition) is 2. The van der Waals surface area contributed by atoms with Gasteiger partial charge in [-0.2, -0.15) is 10.4 Å². The van der Waals surface area contributed by atoms with Crippen LogP contribution in [0.15, 0.2) is 12.4 Å². The van der Waals surface area contributed by atoms with Crippen molar-refractivity contribution in [3.63, 3.8) is 0 Å². The van der Waals surface area contributed by atoms with E-state index in [-0.39, 0.29) is 5.91 Å². The molecule has 0 atom stereocenters. The lowest BCUT2D eigenvalue weighted by atomic mass is 10.1. The molecule has 20 heavy (non-hydrogen) atoms. The first-order chi connectivity index (χ1) is 9.79. The summed E-state index contributed by atoms with van der Waals surface area (Å²) in [5, 5.41) is 19.3. The number of amides is 1. The number of carbonyl (C=O) groups is 1. The van der Waals surface area contributed by atoms with Gasteiger partial charge in [-0.25, -0.2) is 0 Å². The highest BCUT2D eigenvalue weighted by Crippen LogP contribution is 2.37. The summed E-state index contributed by atoms with van der Waals surface area (Å²) in [6.45, 7) is 0. The summed E-state index contributed by atoms with van der Waals surface area (Å²) in [5.41, 5.74) is 2.25. The van der Waals surface area contributed by atoms with Gasteiger partial charge >= 0.3 is 0 Å². The van der Waals surface area contributed by atoms with Gasteiger partial charge in [-0.1, -0.05) is 6.42 Å². The van der Waals surface area contributed by atoms with Gasteiger partial charge in [0.05, 0.1) is 17.3 Å². The number of thiophene rings is 1. The van der Waals surface area contributed by atoms with Gasteiger partial charge in [0.1, 0.15) is 11.1 Å². The lowest BCUT2D eigenvalue weighted by molar-refractivity contribution is 0.102. The molecule has 1 amide bonds. The lowest BCUT2D eigenvalue weighted by Crippen LogP contribution is -2.10. The highest BCUT2D eigenvalue weighted by atomic mass is 32.1. The quantitative estimate of drug-likeness (QED) is 0.833. The zero-order chi connectivity index (χ0) is 13.9. The molecule has 6 heteroatoms. The first kappa shape index (κ1) is 12.9. The van der Waals surface area contributed by atoms with Gasteiger partial charge in [-0.05, 0) is 31.2 Å². The Balaban J connectivity index is 1.90. The van der Waals surface area contributed by atoms with Crippen LogP contribution in [-0.4, -0.2) is 16.1 Å². The number of hydrogen-bond acceptors (Lipinski definition) is 4. The molecule has 1 aliphatic carbocycles. The number of anilines is 1. The van der Waals surface area contributed by atoms with E-state index >= 15 is 0 Å². The van der Waals surface area contributed by atoms with E-state index in [1.54, 1.807) is 17.5 Å². The fourth-order valence-electron chi connectivity index (χ4n) is 2.50. The predicted molar refractivity (Wildman–Crippen MR) is 76.8 cm³/mol. The topological polar surface area (TPSA) is 81.6 Å². The Labute approximate surface area is 120 Å². The molecule has 102 valence electrons. The van der Waals surface area contributed by atoms with E-state index in [9.17, 15) is 10.1 Å².